The smallest absolute Gasteiger partial charge is 0.137 e. The largest absolute Gasteiger partial charge is 0.493 e. The normalized spacial score (nSPS) is 10.9. The number of hydrogen-bond acceptors (Lipinski definition) is 4. The van der Waals surface area contributed by atoms with Crippen molar-refractivity contribution in [2.45, 2.75) is 13.0 Å². The first-order valence-corrected chi connectivity index (χ1v) is 5.58. The fourth-order valence-electron chi connectivity index (χ4n) is 1.69. The van der Waals surface area contributed by atoms with E-state index in [-0.39, 0.29) is 6.61 Å². The highest BCUT2D eigenvalue weighted by atomic mass is 16.5. The lowest BCUT2D eigenvalue weighted by Gasteiger charge is -2.08. The van der Waals surface area contributed by atoms with Crippen molar-refractivity contribution < 1.29 is 19.0 Å². The lowest BCUT2D eigenvalue weighted by molar-refractivity contribution is 0.172. The summed E-state index contributed by atoms with van der Waals surface area (Å²) in [6.45, 7) is 1.24. The molecule has 0 saturated carbocycles. The first-order valence-electron chi connectivity index (χ1n) is 5.58. The number of ether oxygens (including phenoxy) is 2. The van der Waals surface area contributed by atoms with Crippen LogP contribution in [0.4, 0.5) is 0 Å². The van der Waals surface area contributed by atoms with E-state index in [0.717, 1.165) is 28.7 Å². The number of benzene rings is 1. The predicted molar refractivity (Wildman–Crippen MR) is 64.1 cm³/mol. The average molecular weight is 236 g/mol. The Labute approximate surface area is 99.8 Å². The van der Waals surface area contributed by atoms with E-state index in [2.05, 4.69) is 0 Å². The molecule has 0 fully saturated rings. The molecule has 1 heterocycles. The molecule has 4 heteroatoms. The van der Waals surface area contributed by atoms with E-state index in [1.807, 2.05) is 18.2 Å². The lowest BCUT2D eigenvalue weighted by atomic mass is 10.1. The van der Waals surface area contributed by atoms with Gasteiger partial charge in [0.1, 0.15) is 11.3 Å². The quantitative estimate of drug-likeness (QED) is 0.782. The van der Waals surface area contributed by atoms with Gasteiger partial charge in [-0.2, -0.15) is 0 Å². The third-order valence-corrected chi connectivity index (χ3v) is 2.53. The van der Waals surface area contributed by atoms with E-state index < -0.39 is 0 Å². The van der Waals surface area contributed by atoms with Crippen LogP contribution in [0.2, 0.25) is 0 Å². The molecule has 1 aromatic carbocycles. The first-order chi connectivity index (χ1) is 8.35. The number of fused-ring (bicyclic) bond motifs is 1. The third kappa shape index (κ3) is 2.78. The van der Waals surface area contributed by atoms with Crippen molar-refractivity contribution in [1.29, 1.82) is 0 Å². The molecule has 0 bridgehead atoms. The Hall–Kier alpha value is -1.52. The Morgan fingerprint density at radius 1 is 1.29 bits per heavy atom. The van der Waals surface area contributed by atoms with Crippen molar-refractivity contribution in [2.24, 2.45) is 0 Å². The van der Waals surface area contributed by atoms with Gasteiger partial charge in [-0.05, 0) is 23.8 Å². The number of rotatable bonds is 6. The van der Waals surface area contributed by atoms with Crippen molar-refractivity contribution in [2.75, 3.05) is 20.3 Å². The van der Waals surface area contributed by atoms with Crippen molar-refractivity contribution in [1.82, 2.24) is 0 Å². The summed E-state index contributed by atoms with van der Waals surface area (Å²) < 4.78 is 15.9. The topological polar surface area (TPSA) is 51.8 Å². The molecule has 0 amide bonds. The number of methoxy groups -OCH3 is 1. The van der Waals surface area contributed by atoms with Crippen LogP contribution in [0.25, 0.3) is 11.0 Å². The molecule has 2 aromatic rings. The van der Waals surface area contributed by atoms with Gasteiger partial charge in [0.25, 0.3) is 0 Å². The molecule has 0 spiro atoms. The van der Waals surface area contributed by atoms with Gasteiger partial charge in [-0.3, -0.25) is 0 Å². The van der Waals surface area contributed by atoms with Crippen LogP contribution in [-0.4, -0.2) is 25.4 Å². The van der Waals surface area contributed by atoms with Crippen LogP contribution in [0.5, 0.6) is 5.75 Å². The minimum Gasteiger partial charge on any atom is -0.493 e. The molecule has 0 aliphatic carbocycles. The average Bonchev–Trinajstić information content (AvgIpc) is 2.82. The molecule has 0 aliphatic rings. The maximum absolute atomic E-state index is 9.15. The molecule has 92 valence electrons. The van der Waals surface area contributed by atoms with Gasteiger partial charge in [-0.1, -0.05) is 0 Å². The second-order valence-corrected chi connectivity index (χ2v) is 3.78. The second kappa shape index (κ2) is 5.70. The highest BCUT2D eigenvalue weighted by molar-refractivity contribution is 5.84. The second-order valence-electron chi connectivity index (χ2n) is 3.78. The van der Waals surface area contributed by atoms with Crippen LogP contribution in [0.1, 0.15) is 12.0 Å². The molecule has 4 nitrogen and oxygen atoms in total. The summed E-state index contributed by atoms with van der Waals surface area (Å²) >= 11 is 0. The van der Waals surface area contributed by atoms with Gasteiger partial charge in [0.2, 0.25) is 0 Å². The molecule has 0 aliphatic heterocycles. The fraction of sp³-hybridized carbons (Fsp3) is 0.385. The zero-order valence-electron chi connectivity index (χ0n) is 9.81. The zero-order valence-corrected chi connectivity index (χ0v) is 9.81. The maximum Gasteiger partial charge on any atom is 0.137 e. The molecule has 17 heavy (non-hydrogen) atoms. The van der Waals surface area contributed by atoms with E-state index >= 15 is 0 Å². The number of furan rings is 1. The van der Waals surface area contributed by atoms with Gasteiger partial charge >= 0.3 is 0 Å². The molecule has 1 N–H and O–H groups in total. The SMILES string of the molecule is COCCCOc1cc(CO)cc2occc12. The van der Waals surface area contributed by atoms with Crippen LogP contribution in [0.15, 0.2) is 28.9 Å². The molecule has 0 unspecified atom stereocenters. The maximum atomic E-state index is 9.15. The Bertz CT molecular complexity index is 475. The van der Waals surface area contributed by atoms with E-state index in [9.17, 15) is 0 Å². The Balaban J connectivity index is 2.16. The van der Waals surface area contributed by atoms with Crippen molar-refractivity contribution in [3.63, 3.8) is 0 Å². The van der Waals surface area contributed by atoms with Crippen molar-refractivity contribution in [3.8, 4) is 5.75 Å². The van der Waals surface area contributed by atoms with E-state index in [1.165, 1.54) is 0 Å². The van der Waals surface area contributed by atoms with Gasteiger partial charge in [-0.25, -0.2) is 0 Å². The number of aliphatic hydroxyl groups excluding tert-OH is 1. The molecular weight excluding hydrogens is 220 g/mol. The van der Waals surface area contributed by atoms with Gasteiger partial charge in [0.05, 0.1) is 24.9 Å². The summed E-state index contributed by atoms with van der Waals surface area (Å²) in [5.41, 5.74) is 1.52. The standard InChI is InChI=1S/C13H16O4/c1-15-4-2-5-16-12-7-10(9-14)8-13-11(12)3-6-17-13/h3,6-8,14H,2,4-5,9H2,1H3. The highest BCUT2D eigenvalue weighted by Gasteiger charge is 2.07. The monoisotopic (exact) mass is 236 g/mol. The van der Waals surface area contributed by atoms with Crippen molar-refractivity contribution >= 4 is 11.0 Å². The Morgan fingerprint density at radius 2 is 2.18 bits per heavy atom. The highest BCUT2D eigenvalue weighted by Crippen LogP contribution is 2.28. The van der Waals surface area contributed by atoms with Gasteiger partial charge in [-0.15, -0.1) is 0 Å². The lowest BCUT2D eigenvalue weighted by Crippen LogP contribution is -2.02. The first kappa shape index (κ1) is 12.0. The summed E-state index contributed by atoms with van der Waals surface area (Å²) in [7, 11) is 1.67. The summed E-state index contributed by atoms with van der Waals surface area (Å²) in [4.78, 5) is 0. The third-order valence-electron chi connectivity index (χ3n) is 2.53. The van der Waals surface area contributed by atoms with Gasteiger partial charge in [0.15, 0.2) is 0 Å². The minimum atomic E-state index is -0.0227. The van der Waals surface area contributed by atoms with Crippen LogP contribution in [0, 0.1) is 0 Å². The Kier molecular flexibility index (Phi) is 4.01. The summed E-state index contributed by atoms with van der Waals surface area (Å²) in [6.07, 6.45) is 2.45. The van der Waals surface area contributed by atoms with E-state index in [0.29, 0.717) is 13.2 Å². The molecule has 0 radical (unpaired) electrons. The summed E-state index contributed by atoms with van der Waals surface area (Å²) in [6, 6.07) is 5.52. The van der Waals surface area contributed by atoms with Crippen LogP contribution in [0.3, 0.4) is 0 Å². The molecular formula is C13H16O4. The number of aliphatic hydroxyl groups is 1. The molecule has 2 rings (SSSR count). The fourth-order valence-corrected chi connectivity index (χ4v) is 1.69. The number of hydrogen-bond donors (Lipinski definition) is 1. The molecule has 0 atom stereocenters. The predicted octanol–water partition coefficient (Wildman–Crippen LogP) is 2.34. The zero-order chi connectivity index (χ0) is 12.1. The van der Waals surface area contributed by atoms with Crippen LogP contribution < -0.4 is 4.74 Å². The molecule has 1 aromatic heterocycles. The summed E-state index contributed by atoms with van der Waals surface area (Å²) in [5.74, 6) is 0.747. The van der Waals surface area contributed by atoms with Gasteiger partial charge < -0.3 is 19.0 Å². The Morgan fingerprint density at radius 3 is 2.94 bits per heavy atom. The summed E-state index contributed by atoms with van der Waals surface area (Å²) in [5, 5.41) is 10.1. The molecule has 0 saturated heterocycles. The van der Waals surface area contributed by atoms with Crippen LogP contribution >= 0.6 is 0 Å². The van der Waals surface area contributed by atoms with E-state index in [1.54, 1.807) is 13.4 Å². The minimum absolute atomic E-state index is 0.0227. The van der Waals surface area contributed by atoms with Gasteiger partial charge in [0, 0.05) is 20.1 Å². The van der Waals surface area contributed by atoms with Crippen LogP contribution in [-0.2, 0) is 11.3 Å². The van der Waals surface area contributed by atoms with E-state index in [4.69, 9.17) is 19.0 Å². The van der Waals surface area contributed by atoms with Crippen molar-refractivity contribution in [3.05, 3.63) is 30.0 Å².